The van der Waals surface area contributed by atoms with Gasteiger partial charge < -0.3 is 4.90 Å². The highest BCUT2D eigenvalue weighted by molar-refractivity contribution is 6.03. The molecule has 0 atom stereocenters. The van der Waals surface area contributed by atoms with Gasteiger partial charge in [-0.3, -0.25) is 10.1 Å². The van der Waals surface area contributed by atoms with E-state index in [1.54, 1.807) is 12.1 Å². The minimum absolute atomic E-state index is 0.0709. The lowest BCUT2D eigenvalue weighted by Crippen LogP contribution is -2.28. The van der Waals surface area contributed by atoms with E-state index in [1.807, 2.05) is 6.07 Å². The second-order valence-corrected chi connectivity index (χ2v) is 10.3. The fraction of sp³-hybridized carbons (Fsp3) is 0.414. The molecule has 4 rings (SSSR count). The number of anilines is 1. The van der Waals surface area contributed by atoms with Crippen LogP contribution in [-0.4, -0.2) is 28.3 Å². The molecule has 0 bridgehead atoms. The van der Waals surface area contributed by atoms with Gasteiger partial charge in [-0.05, 0) is 38.5 Å². The van der Waals surface area contributed by atoms with Gasteiger partial charge in [-0.15, -0.1) is 0 Å². The van der Waals surface area contributed by atoms with Gasteiger partial charge >= 0.3 is 0 Å². The van der Waals surface area contributed by atoms with E-state index in [2.05, 4.69) is 93.5 Å². The molecule has 0 radical (unpaired) electrons. The first kappa shape index (κ1) is 23.9. The van der Waals surface area contributed by atoms with Crippen molar-refractivity contribution in [2.45, 2.75) is 65.2 Å². The summed E-state index contributed by atoms with van der Waals surface area (Å²) in [6, 6.07) is 14.0. The predicted molar refractivity (Wildman–Crippen MR) is 141 cm³/mol. The van der Waals surface area contributed by atoms with Crippen LogP contribution in [0.25, 0.3) is 0 Å². The molecule has 34 heavy (non-hydrogen) atoms. The Morgan fingerprint density at radius 3 is 2.44 bits per heavy atom. The number of likely N-dealkylation sites (N-methyl/N-ethyl adjacent to an activating group) is 1. The number of non-ortho nitro benzene ring substituents is 1. The van der Waals surface area contributed by atoms with Gasteiger partial charge in [0.15, 0.2) is 5.71 Å². The molecule has 5 heteroatoms. The highest BCUT2D eigenvalue weighted by Gasteiger charge is 2.44. The Morgan fingerprint density at radius 1 is 1.03 bits per heavy atom. The molecule has 0 aromatic heterocycles. The Labute approximate surface area is 203 Å². The maximum atomic E-state index is 11.4. The molecule has 2 aliphatic rings. The lowest BCUT2D eigenvalue weighted by atomic mass is 9.81. The van der Waals surface area contributed by atoms with Gasteiger partial charge in [0.05, 0.1) is 10.3 Å². The van der Waals surface area contributed by atoms with Gasteiger partial charge in [-0.2, -0.15) is 4.58 Å². The number of hydrogen-bond acceptors (Lipinski definition) is 3. The highest BCUT2D eigenvalue weighted by atomic mass is 16.6. The monoisotopic (exact) mass is 458 g/mol. The second-order valence-electron chi connectivity index (χ2n) is 10.3. The Bertz CT molecular complexity index is 1220. The molecule has 0 fully saturated rings. The lowest BCUT2D eigenvalue weighted by Gasteiger charge is -2.25. The van der Waals surface area contributed by atoms with Crippen LogP contribution >= 0.6 is 0 Å². The van der Waals surface area contributed by atoms with Crippen molar-refractivity contribution in [2.24, 2.45) is 0 Å². The number of para-hydroxylation sites is 1. The molecule has 0 amide bonds. The van der Waals surface area contributed by atoms with Crippen LogP contribution < -0.4 is 4.90 Å². The van der Waals surface area contributed by atoms with Crippen LogP contribution in [0, 0.1) is 10.1 Å². The van der Waals surface area contributed by atoms with Gasteiger partial charge in [0.2, 0.25) is 5.69 Å². The van der Waals surface area contributed by atoms with Gasteiger partial charge in [0.25, 0.3) is 5.69 Å². The maximum absolute atomic E-state index is 11.4. The quantitative estimate of drug-likeness (QED) is 0.254. The number of fused-ring (bicyclic) bond motifs is 2. The van der Waals surface area contributed by atoms with Crippen LogP contribution in [0.2, 0.25) is 0 Å². The maximum Gasteiger partial charge on any atom is 0.269 e. The van der Waals surface area contributed by atoms with E-state index in [0.717, 1.165) is 42.9 Å². The summed E-state index contributed by atoms with van der Waals surface area (Å²) in [4.78, 5) is 13.3. The normalized spacial score (nSPS) is 19.2. The third-order valence-electron chi connectivity index (χ3n) is 7.45. The van der Waals surface area contributed by atoms with Crippen molar-refractivity contribution in [1.82, 2.24) is 0 Å². The van der Waals surface area contributed by atoms with Crippen LogP contribution in [0.5, 0.6) is 0 Å². The molecule has 0 N–H and O–H groups in total. The van der Waals surface area contributed by atoms with Crippen molar-refractivity contribution in [3.63, 3.8) is 0 Å². The summed E-state index contributed by atoms with van der Waals surface area (Å²) >= 11 is 0. The van der Waals surface area contributed by atoms with Crippen LogP contribution in [0.1, 0.15) is 65.5 Å². The molecule has 0 spiro atoms. The Balaban J connectivity index is 1.75. The number of hydrogen-bond donors (Lipinski definition) is 0. The molecule has 5 nitrogen and oxygen atoms in total. The van der Waals surface area contributed by atoms with E-state index in [9.17, 15) is 10.1 Å². The van der Waals surface area contributed by atoms with E-state index in [-0.39, 0.29) is 21.4 Å². The fourth-order valence-electron chi connectivity index (χ4n) is 5.55. The summed E-state index contributed by atoms with van der Waals surface area (Å²) in [5.41, 5.74) is 6.98. The molecule has 2 aromatic rings. The summed E-state index contributed by atoms with van der Waals surface area (Å²) < 4.78 is 2.48. The first-order chi connectivity index (χ1) is 16.1. The number of allylic oxidation sites excluding steroid dienone is 4. The lowest BCUT2D eigenvalue weighted by molar-refractivity contribution is -0.438. The van der Waals surface area contributed by atoms with Crippen LogP contribution in [0.15, 0.2) is 66.4 Å². The zero-order valence-electron chi connectivity index (χ0n) is 21.3. The second kappa shape index (κ2) is 8.86. The molecule has 178 valence electrons. The molecule has 2 aromatic carbocycles. The van der Waals surface area contributed by atoms with Crippen molar-refractivity contribution in [3.05, 3.63) is 87.6 Å². The summed E-state index contributed by atoms with van der Waals surface area (Å²) in [7, 11) is 0. The van der Waals surface area contributed by atoms with Crippen molar-refractivity contribution in [1.29, 1.82) is 0 Å². The average Bonchev–Trinajstić information content (AvgIpc) is 3.16. The van der Waals surface area contributed by atoms with Crippen LogP contribution in [0.4, 0.5) is 17.1 Å². The van der Waals surface area contributed by atoms with E-state index in [4.69, 9.17) is 0 Å². The van der Waals surface area contributed by atoms with Gasteiger partial charge in [0, 0.05) is 59.6 Å². The summed E-state index contributed by atoms with van der Waals surface area (Å²) in [5, 5.41) is 11.4. The first-order valence-electron chi connectivity index (χ1n) is 12.3. The Morgan fingerprint density at radius 2 is 1.76 bits per heavy atom. The Kier molecular flexibility index (Phi) is 6.24. The molecule has 0 unspecified atom stereocenters. The van der Waals surface area contributed by atoms with Crippen molar-refractivity contribution < 1.29 is 9.50 Å². The predicted octanol–water partition coefficient (Wildman–Crippen LogP) is 7.03. The Hall–Kier alpha value is -3.21. The van der Waals surface area contributed by atoms with E-state index >= 15 is 0 Å². The molecular formula is C29H36N3O2+. The van der Waals surface area contributed by atoms with Crippen LogP contribution in [-0.2, 0) is 10.8 Å². The topological polar surface area (TPSA) is 49.4 Å². The van der Waals surface area contributed by atoms with Crippen molar-refractivity contribution in [2.75, 3.05) is 18.0 Å². The largest absolute Gasteiger partial charge is 0.344 e. The summed E-state index contributed by atoms with van der Waals surface area (Å²) in [6.07, 6.45) is 8.93. The summed E-state index contributed by atoms with van der Waals surface area (Å²) in [6.45, 7) is 15.1. The standard InChI is InChI=1S/C29H36N3O2/c1-7-9-19-31-24-14-11-10-13-22(24)28(3,4)27(31)16-12-15-26-29(5,6)23-20-21(32(33)34)17-18-25(23)30(26)8-2/h10-18,20H,7-9,19H2,1-6H3/q+1. The third kappa shape index (κ3) is 3.77. The molecular weight excluding hydrogens is 422 g/mol. The van der Waals surface area contributed by atoms with Crippen LogP contribution in [0.3, 0.4) is 0 Å². The smallest absolute Gasteiger partial charge is 0.269 e. The number of benzene rings is 2. The highest BCUT2D eigenvalue weighted by Crippen LogP contribution is 2.48. The molecule has 2 aliphatic heterocycles. The minimum atomic E-state index is -0.317. The number of nitro groups is 1. The van der Waals surface area contributed by atoms with Gasteiger partial charge in [0.1, 0.15) is 6.54 Å². The van der Waals surface area contributed by atoms with Crippen molar-refractivity contribution in [3.8, 4) is 0 Å². The zero-order valence-corrected chi connectivity index (χ0v) is 21.3. The molecule has 0 saturated carbocycles. The third-order valence-corrected chi connectivity index (χ3v) is 7.45. The van der Waals surface area contributed by atoms with Gasteiger partial charge in [-0.1, -0.05) is 51.5 Å². The van der Waals surface area contributed by atoms with E-state index in [0.29, 0.717) is 0 Å². The number of rotatable bonds is 7. The number of nitro benzene ring substituents is 1. The van der Waals surface area contributed by atoms with Crippen molar-refractivity contribution >= 4 is 22.8 Å². The minimum Gasteiger partial charge on any atom is -0.344 e. The van der Waals surface area contributed by atoms with Gasteiger partial charge in [-0.25, -0.2) is 0 Å². The van der Waals surface area contributed by atoms with E-state index in [1.165, 1.54) is 17.0 Å². The molecule has 0 saturated heterocycles. The van der Waals surface area contributed by atoms with E-state index < -0.39 is 0 Å². The zero-order chi connectivity index (χ0) is 24.7. The number of nitrogens with zero attached hydrogens (tertiary/aromatic N) is 3. The number of unbranched alkanes of at least 4 members (excludes halogenated alkanes) is 1. The average molecular weight is 459 g/mol. The molecule has 2 heterocycles. The SMILES string of the molecule is CCCC[N+]1=C(/C=C/C=C2\N(CC)c3ccc([N+](=O)[O-])cc3C2(C)C)C(C)(C)c2ccccc21. The first-order valence-corrected chi connectivity index (χ1v) is 12.3. The summed E-state index contributed by atoms with van der Waals surface area (Å²) in [5.74, 6) is 0. The fourth-order valence-corrected chi connectivity index (χ4v) is 5.55. The molecule has 0 aliphatic carbocycles.